The van der Waals surface area contributed by atoms with E-state index in [-0.39, 0.29) is 5.54 Å². The highest BCUT2D eigenvalue weighted by molar-refractivity contribution is 7.11. The standard InChI is InChI=1S/C18H32N2S/c1-17(2,3)19-13-15-7-8-16(21-15)14-20-11-6-9-18(4,5)10-12-20/h7-8,19H,6,9-14H2,1-5H3. The summed E-state index contributed by atoms with van der Waals surface area (Å²) in [5, 5.41) is 3.57. The SMILES string of the molecule is CC1(C)CCCN(Cc2ccc(CNC(C)(C)C)s2)CC1. The Morgan fingerprint density at radius 3 is 2.57 bits per heavy atom. The van der Waals surface area contributed by atoms with Crippen LogP contribution in [0, 0.1) is 5.41 Å². The molecule has 3 heteroatoms. The van der Waals surface area contributed by atoms with Crippen LogP contribution in [-0.4, -0.2) is 23.5 Å². The van der Waals surface area contributed by atoms with E-state index in [0.29, 0.717) is 5.41 Å². The monoisotopic (exact) mass is 308 g/mol. The summed E-state index contributed by atoms with van der Waals surface area (Å²) in [6.45, 7) is 16.1. The van der Waals surface area contributed by atoms with Crippen LogP contribution >= 0.6 is 11.3 Å². The van der Waals surface area contributed by atoms with Gasteiger partial charge in [0.15, 0.2) is 0 Å². The minimum absolute atomic E-state index is 0.195. The molecule has 120 valence electrons. The molecule has 0 bridgehead atoms. The average molecular weight is 309 g/mol. The third-order valence-electron chi connectivity index (χ3n) is 4.32. The first-order valence-electron chi connectivity index (χ1n) is 8.29. The zero-order valence-corrected chi connectivity index (χ0v) is 15.3. The lowest BCUT2D eigenvalue weighted by molar-refractivity contribution is 0.257. The fourth-order valence-electron chi connectivity index (χ4n) is 2.81. The lowest BCUT2D eigenvalue weighted by Crippen LogP contribution is -2.34. The Balaban J connectivity index is 1.85. The summed E-state index contributed by atoms with van der Waals surface area (Å²) in [5.74, 6) is 0. The van der Waals surface area contributed by atoms with Crippen molar-refractivity contribution in [2.75, 3.05) is 13.1 Å². The number of hydrogen-bond donors (Lipinski definition) is 1. The molecule has 1 N–H and O–H groups in total. The largest absolute Gasteiger partial charge is 0.307 e. The topological polar surface area (TPSA) is 15.3 Å². The van der Waals surface area contributed by atoms with Crippen LogP contribution in [0.4, 0.5) is 0 Å². The van der Waals surface area contributed by atoms with Crippen LogP contribution in [0.5, 0.6) is 0 Å². The normalized spacial score (nSPS) is 20.4. The number of thiophene rings is 1. The molecule has 1 aliphatic rings. The molecule has 0 unspecified atom stereocenters. The predicted octanol–water partition coefficient (Wildman–Crippen LogP) is 4.65. The van der Waals surface area contributed by atoms with Gasteiger partial charge < -0.3 is 5.32 Å². The second-order valence-corrected chi connectivity index (χ2v) is 9.52. The van der Waals surface area contributed by atoms with E-state index in [2.05, 4.69) is 57.0 Å². The van der Waals surface area contributed by atoms with Crippen LogP contribution in [0.3, 0.4) is 0 Å². The van der Waals surface area contributed by atoms with Crippen LogP contribution in [-0.2, 0) is 13.1 Å². The molecule has 0 spiro atoms. The quantitative estimate of drug-likeness (QED) is 0.871. The molecule has 1 aromatic heterocycles. The van der Waals surface area contributed by atoms with Gasteiger partial charge in [-0.2, -0.15) is 0 Å². The minimum Gasteiger partial charge on any atom is -0.307 e. The van der Waals surface area contributed by atoms with Crippen LogP contribution in [0.1, 0.15) is 63.6 Å². The third kappa shape index (κ3) is 6.09. The lowest BCUT2D eigenvalue weighted by atomic mass is 9.85. The molecule has 0 aliphatic carbocycles. The number of likely N-dealkylation sites (tertiary alicyclic amines) is 1. The van der Waals surface area contributed by atoms with Crippen LogP contribution in [0.2, 0.25) is 0 Å². The molecular weight excluding hydrogens is 276 g/mol. The molecule has 0 radical (unpaired) electrons. The fraction of sp³-hybridized carbons (Fsp3) is 0.778. The molecule has 2 rings (SSSR count). The molecule has 0 saturated carbocycles. The van der Waals surface area contributed by atoms with Crippen LogP contribution < -0.4 is 5.32 Å². The summed E-state index contributed by atoms with van der Waals surface area (Å²) in [6.07, 6.45) is 4.04. The highest BCUT2D eigenvalue weighted by Gasteiger charge is 2.23. The Labute approximate surface area is 134 Å². The zero-order valence-electron chi connectivity index (χ0n) is 14.5. The van der Waals surface area contributed by atoms with Crippen molar-refractivity contribution in [1.29, 1.82) is 0 Å². The first kappa shape index (κ1) is 17.0. The molecule has 1 saturated heterocycles. The number of hydrogen-bond acceptors (Lipinski definition) is 3. The van der Waals surface area contributed by atoms with Gasteiger partial charge in [-0.15, -0.1) is 11.3 Å². The van der Waals surface area contributed by atoms with Gasteiger partial charge in [0.1, 0.15) is 0 Å². The van der Waals surface area contributed by atoms with Gasteiger partial charge in [0.05, 0.1) is 0 Å². The Kier molecular flexibility index (Phi) is 5.50. The van der Waals surface area contributed by atoms with Crippen molar-refractivity contribution < 1.29 is 0 Å². The van der Waals surface area contributed by atoms with E-state index in [1.165, 1.54) is 42.1 Å². The van der Waals surface area contributed by atoms with Crippen molar-refractivity contribution in [3.8, 4) is 0 Å². The van der Waals surface area contributed by atoms with E-state index in [0.717, 1.165) is 13.1 Å². The zero-order chi connectivity index (χ0) is 15.5. The first-order chi connectivity index (χ1) is 9.73. The van der Waals surface area contributed by atoms with E-state index < -0.39 is 0 Å². The molecule has 1 aromatic rings. The van der Waals surface area contributed by atoms with Gasteiger partial charge in [-0.1, -0.05) is 13.8 Å². The van der Waals surface area contributed by atoms with Crippen molar-refractivity contribution >= 4 is 11.3 Å². The van der Waals surface area contributed by atoms with Gasteiger partial charge in [0.2, 0.25) is 0 Å². The molecule has 1 fully saturated rings. The minimum atomic E-state index is 0.195. The number of nitrogens with zero attached hydrogens (tertiary/aromatic N) is 1. The van der Waals surface area contributed by atoms with Gasteiger partial charge in [-0.3, -0.25) is 4.90 Å². The summed E-state index contributed by atoms with van der Waals surface area (Å²) in [4.78, 5) is 5.61. The molecule has 0 atom stereocenters. The van der Waals surface area contributed by atoms with Gasteiger partial charge in [-0.25, -0.2) is 0 Å². The molecule has 21 heavy (non-hydrogen) atoms. The van der Waals surface area contributed by atoms with E-state index in [9.17, 15) is 0 Å². The number of nitrogens with one attached hydrogen (secondary N) is 1. The predicted molar refractivity (Wildman–Crippen MR) is 93.8 cm³/mol. The lowest BCUT2D eigenvalue weighted by Gasteiger charge is -2.23. The first-order valence-corrected chi connectivity index (χ1v) is 9.10. The van der Waals surface area contributed by atoms with Crippen molar-refractivity contribution in [2.45, 2.75) is 72.5 Å². The van der Waals surface area contributed by atoms with E-state index in [4.69, 9.17) is 0 Å². The van der Waals surface area contributed by atoms with Crippen LogP contribution in [0.25, 0.3) is 0 Å². The smallest absolute Gasteiger partial charge is 0.0328 e. The third-order valence-corrected chi connectivity index (χ3v) is 5.39. The molecule has 0 amide bonds. The Hall–Kier alpha value is -0.380. The van der Waals surface area contributed by atoms with Crippen molar-refractivity contribution in [2.24, 2.45) is 5.41 Å². The van der Waals surface area contributed by atoms with Crippen molar-refractivity contribution in [1.82, 2.24) is 10.2 Å². The summed E-state index contributed by atoms with van der Waals surface area (Å²) >= 11 is 1.97. The highest BCUT2D eigenvalue weighted by Crippen LogP contribution is 2.30. The second kappa shape index (κ2) is 6.80. The summed E-state index contributed by atoms with van der Waals surface area (Å²) < 4.78 is 0. The maximum atomic E-state index is 3.57. The summed E-state index contributed by atoms with van der Waals surface area (Å²) in [6, 6.07) is 4.61. The fourth-order valence-corrected chi connectivity index (χ4v) is 3.81. The van der Waals surface area contributed by atoms with Gasteiger partial charge in [0, 0.05) is 28.4 Å². The summed E-state index contributed by atoms with van der Waals surface area (Å²) in [5.41, 5.74) is 0.729. The summed E-state index contributed by atoms with van der Waals surface area (Å²) in [7, 11) is 0. The second-order valence-electron chi connectivity index (χ2n) is 8.27. The molecule has 2 heterocycles. The van der Waals surface area contributed by atoms with Gasteiger partial charge in [-0.05, 0) is 70.7 Å². The molecule has 2 nitrogen and oxygen atoms in total. The van der Waals surface area contributed by atoms with Gasteiger partial charge in [0.25, 0.3) is 0 Å². The maximum Gasteiger partial charge on any atom is 0.0328 e. The Morgan fingerprint density at radius 2 is 1.86 bits per heavy atom. The highest BCUT2D eigenvalue weighted by atomic mass is 32.1. The Morgan fingerprint density at radius 1 is 1.14 bits per heavy atom. The van der Waals surface area contributed by atoms with Crippen molar-refractivity contribution in [3.63, 3.8) is 0 Å². The van der Waals surface area contributed by atoms with E-state index in [1.807, 2.05) is 11.3 Å². The Bertz CT molecular complexity index is 442. The number of rotatable bonds is 4. The average Bonchev–Trinajstić information content (AvgIpc) is 2.73. The molecular formula is C18H32N2S. The molecule has 1 aliphatic heterocycles. The van der Waals surface area contributed by atoms with E-state index >= 15 is 0 Å². The molecule has 0 aromatic carbocycles. The van der Waals surface area contributed by atoms with Crippen molar-refractivity contribution in [3.05, 3.63) is 21.9 Å². The van der Waals surface area contributed by atoms with Crippen LogP contribution in [0.15, 0.2) is 12.1 Å². The van der Waals surface area contributed by atoms with Gasteiger partial charge >= 0.3 is 0 Å². The van der Waals surface area contributed by atoms with E-state index in [1.54, 1.807) is 0 Å². The maximum absolute atomic E-state index is 3.57.